The first kappa shape index (κ1) is 15.3. The largest absolute Gasteiger partial charge is 0.316 e. The molecule has 0 spiro atoms. The third-order valence-electron chi connectivity index (χ3n) is 5.16. The fourth-order valence-electron chi connectivity index (χ4n) is 3.96. The predicted octanol–water partition coefficient (Wildman–Crippen LogP) is 3.52. The van der Waals surface area contributed by atoms with E-state index in [-0.39, 0.29) is 0 Å². The Morgan fingerprint density at radius 1 is 1.21 bits per heavy atom. The van der Waals surface area contributed by atoms with E-state index in [4.69, 9.17) is 0 Å². The molecule has 2 heteroatoms. The molecule has 0 heterocycles. The van der Waals surface area contributed by atoms with Crippen LogP contribution >= 0.6 is 0 Å². The Morgan fingerprint density at radius 3 is 2.58 bits per heavy atom. The van der Waals surface area contributed by atoms with Gasteiger partial charge in [-0.15, -0.1) is 0 Å². The monoisotopic (exact) mass is 266 g/mol. The number of nitrogens with one attached hydrogen (secondary N) is 1. The third kappa shape index (κ3) is 4.75. The van der Waals surface area contributed by atoms with E-state index in [2.05, 4.69) is 31.0 Å². The van der Waals surface area contributed by atoms with Crippen molar-refractivity contribution in [2.45, 2.75) is 59.3 Å². The van der Waals surface area contributed by atoms with E-state index in [1.807, 2.05) is 0 Å². The summed E-state index contributed by atoms with van der Waals surface area (Å²) in [6.07, 6.45) is 8.71. The quantitative estimate of drug-likeness (QED) is 0.723. The van der Waals surface area contributed by atoms with Crippen LogP contribution in [-0.4, -0.2) is 37.6 Å². The van der Waals surface area contributed by atoms with Gasteiger partial charge in [-0.1, -0.05) is 33.6 Å². The molecule has 112 valence electrons. The van der Waals surface area contributed by atoms with Crippen molar-refractivity contribution in [3.8, 4) is 0 Å². The highest BCUT2D eigenvalue weighted by Crippen LogP contribution is 2.40. The first-order valence-corrected chi connectivity index (χ1v) is 8.60. The van der Waals surface area contributed by atoms with Crippen LogP contribution in [0, 0.1) is 17.3 Å². The Hall–Kier alpha value is -0.0800. The Bertz CT molecular complexity index is 262. The summed E-state index contributed by atoms with van der Waals surface area (Å²) in [5, 5.41) is 3.65. The maximum Gasteiger partial charge on any atom is 0.00502 e. The zero-order chi connectivity index (χ0) is 13.7. The molecule has 19 heavy (non-hydrogen) atoms. The molecule has 2 aliphatic carbocycles. The molecule has 0 saturated heterocycles. The molecular formula is C17H34N2. The molecule has 0 amide bonds. The second-order valence-electron chi connectivity index (χ2n) is 7.25. The van der Waals surface area contributed by atoms with Gasteiger partial charge in [-0.05, 0) is 56.0 Å². The number of hydrogen-bond donors (Lipinski definition) is 1. The van der Waals surface area contributed by atoms with Crippen molar-refractivity contribution in [1.82, 2.24) is 10.2 Å². The van der Waals surface area contributed by atoms with Crippen molar-refractivity contribution < 1.29 is 0 Å². The first-order valence-electron chi connectivity index (χ1n) is 8.60. The standard InChI is InChI=1S/C17H34N2/c1-4-18-13-17(10-6-7-15(3)11-17)14-19(5-2)12-16-8-9-16/h15-16,18H,4-14H2,1-3H3. The Morgan fingerprint density at radius 2 is 2.00 bits per heavy atom. The fraction of sp³-hybridized carbons (Fsp3) is 1.00. The molecular weight excluding hydrogens is 232 g/mol. The van der Waals surface area contributed by atoms with E-state index in [0.717, 1.165) is 18.4 Å². The minimum Gasteiger partial charge on any atom is -0.316 e. The van der Waals surface area contributed by atoms with Crippen LogP contribution in [0.4, 0.5) is 0 Å². The van der Waals surface area contributed by atoms with Crippen LogP contribution in [0.15, 0.2) is 0 Å². The first-order chi connectivity index (χ1) is 9.17. The summed E-state index contributed by atoms with van der Waals surface area (Å²) >= 11 is 0. The van der Waals surface area contributed by atoms with Gasteiger partial charge in [-0.2, -0.15) is 0 Å². The number of rotatable bonds is 8. The van der Waals surface area contributed by atoms with Crippen LogP contribution in [0.3, 0.4) is 0 Å². The van der Waals surface area contributed by atoms with Gasteiger partial charge in [0.1, 0.15) is 0 Å². The molecule has 0 aromatic carbocycles. The van der Waals surface area contributed by atoms with E-state index in [9.17, 15) is 0 Å². The summed E-state index contributed by atoms with van der Waals surface area (Å²) in [7, 11) is 0. The maximum absolute atomic E-state index is 3.65. The summed E-state index contributed by atoms with van der Waals surface area (Å²) in [5.41, 5.74) is 0.554. The maximum atomic E-state index is 3.65. The lowest BCUT2D eigenvalue weighted by molar-refractivity contribution is 0.0806. The van der Waals surface area contributed by atoms with Gasteiger partial charge in [-0.3, -0.25) is 0 Å². The number of nitrogens with zero attached hydrogens (tertiary/aromatic N) is 1. The molecule has 2 rings (SSSR count). The third-order valence-corrected chi connectivity index (χ3v) is 5.16. The van der Waals surface area contributed by atoms with Crippen LogP contribution in [0.2, 0.25) is 0 Å². The molecule has 2 saturated carbocycles. The molecule has 2 aliphatic rings. The minimum atomic E-state index is 0.554. The summed E-state index contributed by atoms with van der Waals surface area (Å²) in [6, 6.07) is 0. The van der Waals surface area contributed by atoms with Crippen LogP contribution in [0.25, 0.3) is 0 Å². The zero-order valence-electron chi connectivity index (χ0n) is 13.4. The molecule has 0 aromatic rings. The van der Waals surface area contributed by atoms with Crippen molar-refractivity contribution in [3.63, 3.8) is 0 Å². The molecule has 0 aromatic heterocycles. The topological polar surface area (TPSA) is 15.3 Å². The van der Waals surface area contributed by atoms with Crippen molar-refractivity contribution in [2.24, 2.45) is 17.3 Å². The smallest absolute Gasteiger partial charge is 0.00502 e. The Kier molecular flexibility index (Phi) is 5.70. The van der Waals surface area contributed by atoms with Gasteiger partial charge >= 0.3 is 0 Å². The molecule has 0 bridgehead atoms. The molecule has 1 N–H and O–H groups in total. The van der Waals surface area contributed by atoms with Crippen LogP contribution in [0.1, 0.15) is 59.3 Å². The second-order valence-corrected chi connectivity index (χ2v) is 7.25. The van der Waals surface area contributed by atoms with Gasteiger partial charge in [0.05, 0.1) is 0 Å². The minimum absolute atomic E-state index is 0.554. The zero-order valence-corrected chi connectivity index (χ0v) is 13.4. The SMILES string of the molecule is CCNCC1(CN(CC)CC2CC2)CCCC(C)C1. The van der Waals surface area contributed by atoms with Gasteiger partial charge in [0.25, 0.3) is 0 Å². The Balaban J connectivity index is 1.94. The summed E-state index contributed by atoms with van der Waals surface area (Å²) in [6.45, 7) is 13.3. The molecule has 2 unspecified atom stereocenters. The Labute approximate surface area is 120 Å². The summed E-state index contributed by atoms with van der Waals surface area (Å²) < 4.78 is 0. The van der Waals surface area contributed by atoms with Crippen LogP contribution in [0.5, 0.6) is 0 Å². The van der Waals surface area contributed by atoms with Crippen LogP contribution in [-0.2, 0) is 0 Å². The molecule has 0 aliphatic heterocycles. The normalized spacial score (nSPS) is 31.9. The van der Waals surface area contributed by atoms with E-state index in [1.54, 1.807) is 0 Å². The van der Waals surface area contributed by atoms with Crippen molar-refractivity contribution >= 4 is 0 Å². The predicted molar refractivity (Wildman–Crippen MR) is 83.4 cm³/mol. The second kappa shape index (κ2) is 7.08. The van der Waals surface area contributed by atoms with E-state index in [0.29, 0.717) is 5.41 Å². The van der Waals surface area contributed by atoms with Crippen molar-refractivity contribution in [3.05, 3.63) is 0 Å². The van der Waals surface area contributed by atoms with E-state index >= 15 is 0 Å². The highest BCUT2D eigenvalue weighted by molar-refractivity contribution is 4.91. The van der Waals surface area contributed by atoms with E-state index in [1.165, 1.54) is 64.7 Å². The number of hydrogen-bond acceptors (Lipinski definition) is 2. The van der Waals surface area contributed by atoms with E-state index < -0.39 is 0 Å². The van der Waals surface area contributed by atoms with Gasteiger partial charge in [0.2, 0.25) is 0 Å². The lowest BCUT2D eigenvalue weighted by Gasteiger charge is -2.43. The summed E-state index contributed by atoms with van der Waals surface area (Å²) in [4.78, 5) is 2.74. The molecule has 2 fully saturated rings. The van der Waals surface area contributed by atoms with Gasteiger partial charge in [0, 0.05) is 19.6 Å². The van der Waals surface area contributed by atoms with Crippen LogP contribution < -0.4 is 5.32 Å². The van der Waals surface area contributed by atoms with Gasteiger partial charge in [-0.25, -0.2) is 0 Å². The van der Waals surface area contributed by atoms with Crippen molar-refractivity contribution in [1.29, 1.82) is 0 Å². The lowest BCUT2D eigenvalue weighted by atomic mass is 9.69. The molecule has 2 nitrogen and oxygen atoms in total. The molecule has 0 radical (unpaired) electrons. The lowest BCUT2D eigenvalue weighted by Crippen LogP contribution is -2.47. The average molecular weight is 266 g/mol. The highest BCUT2D eigenvalue weighted by Gasteiger charge is 2.36. The van der Waals surface area contributed by atoms with Gasteiger partial charge in [0.15, 0.2) is 0 Å². The fourth-order valence-corrected chi connectivity index (χ4v) is 3.96. The molecule has 2 atom stereocenters. The summed E-state index contributed by atoms with van der Waals surface area (Å²) in [5.74, 6) is 1.95. The highest BCUT2D eigenvalue weighted by atomic mass is 15.1. The van der Waals surface area contributed by atoms with Gasteiger partial charge < -0.3 is 10.2 Å². The van der Waals surface area contributed by atoms with Crippen molar-refractivity contribution in [2.75, 3.05) is 32.7 Å². The average Bonchev–Trinajstić information content (AvgIpc) is 3.20.